The Morgan fingerprint density at radius 2 is 1.55 bits per heavy atom. The maximum Gasteiger partial charge on any atom is 0.271 e. The van der Waals surface area contributed by atoms with Crippen LogP contribution in [0.3, 0.4) is 0 Å². The highest BCUT2D eigenvalue weighted by Crippen LogP contribution is 2.13. The average Bonchev–Trinajstić information content (AvgIpc) is 2.75. The zero-order chi connectivity index (χ0) is 20.5. The minimum atomic E-state index is -0.294. The Morgan fingerprint density at radius 3 is 2.28 bits per heavy atom. The molecular formula is C24H23N3O2. The largest absolute Gasteiger partial charge is 0.322 e. The molecule has 146 valence electrons. The summed E-state index contributed by atoms with van der Waals surface area (Å²) < 4.78 is 0. The molecule has 0 aromatic heterocycles. The zero-order valence-electron chi connectivity index (χ0n) is 16.3. The number of nitrogens with one attached hydrogen (secondary N) is 2. The first kappa shape index (κ1) is 20.0. The molecule has 0 fully saturated rings. The average molecular weight is 385 g/mol. The molecule has 0 atom stereocenters. The first-order valence-electron chi connectivity index (χ1n) is 9.46. The van der Waals surface area contributed by atoms with E-state index in [1.165, 1.54) is 5.56 Å². The van der Waals surface area contributed by atoms with E-state index in [9.17, 15) is 9.59 Å². The monoisotopic (exact) mass is 385 g/mol. The highest BCUT2D eigenvalue weighted by Gasteiger charge is 2.09. The van der Waals surface area contributed by atoms with Crippen LogP contribution in [-0.4, -0.2) is 18.0 Å². The van der Waals surface area contributed by atoms with E-state index >= 15 is 0 Å². The van der Waals surface area contributed by atoms with Crippen LogP contribution in [0.2, 0.25) is 0 Å². The van der Waals surface area contributed by atoms with Gasteiger partial charge in [0.2, 0.25) is 0 Å². The molecule has 0 unspecified atom stereocenters. The topological polar surface area (TPSA) is 70.6 Å². The van der Waals surface area contributed by atoms with Crippen LogP contribution >= 0.6 is 0 Å². The van der Waals surface area contributed by atoms with E-state index in [0.717, 1.165) is 18.4 Å². The Labute approximate surface area is 170 Å². The van der Waals surface area contributed by atoms with Crippen LogP contribution in [0, 0.1) is 6.92 Å². The number of carbonyl (C=O) groups is 2. The molecule has 3 rings (SSSR count). The molecule has 0 aliphatic rings. The van der Waals surface area contributed by atoms with E-state index in [1.54, 1.807) is 36.5 Å². The first-order valence-corrected chi connectivity index (χ1v) is 9.46. The third-order valence-corrected chi connectivity index (χ3v) is 4.46. The lowest BCUT2D eigenvalue weighted by Crippen LogP contribution is -2.18. The molecule has 0 saturated heterocycles. The molecule has 3 aromatic rings. The standard InChI is InChI=1S/C24H23N3O2/c1-18-8-5-6-12-22(18)24(29)26-21-15-13-20(14-16-21)23(28)27-25-17-7-11-19-9-3-2-4-10-19/h2-6,8-10,12-17H,7,11H2,1H3,(H,26,29)(H,27,28). The van der Waals surface area contributed by atoms with Gasteiger partial charge in [-0.1, -0.05) is 48.5 Å². The van der Waals surface area contributed by atoms with E-state index in [2.05, 4.69) is 28.0 Å². The Hall–Kier alpha value is -3.73. The van der Waals surface area contributed by atoms with Crippen molar-refractivity contribution in [2.24, 2.45) is 5.10 Å². The molecule has 5 nitrogen and oxygen atoms in total. The quantitative estimate of drug-likeness (QED) is 0.461. The van der Waals surface area contributed by atoms with Crippen LogP contribution in [0.15, 0.2) is 84.0 Å². The molecule has 0 radical (unpaired) electrons. The highest BCUT2D eigenvalue weighted by molar-refractivity contribution is 6.05. The minimum Gasteiger partial charge on any atom is -0.322 e. The van der Waals surface area contributed by atoms with Crippen molar-refractivity contribution < 1.29 is 9.59 Å². The summed E-state index contributed by atoms with van der Waals surface area (Å²) in [6, 6.07) is 24.2. The molecule has 2 N–H and O–H groups in total. The summed E-state index contributed by atoms with van der Waals surface area (Å²) in [6.45, 7) is 1.89. The fourth-order valence-corrected chi connectivity index (χ4v) is 2.84. The van der Waals surface area contributed by atoms with Gasteiger partial charge in [0, 0.05) is 23.0 Å². The van der Waals surface area contributed by atoms with Gasteiger partial charge in [-0.05, 0) is 61.2 Å². The number of hydrazone groups is 1. The number of rotatable bonds is 7. The summed E-state index contributed by atoms with van der Waals surface area (Å²) in [5.74, 6) is -0.471. The summed E-state index contributed by atoms with van der Waals surface area (Å²) in [5, 5.41) is 6.83. The first-order chi connectivity index (χ1) is 14.1. The van der Waals surface area contributed by atoms with E-state index < -0.39 is 0 Å². The van der Waals surface area contributed by atoms with Crippen molar-refractivity contribution in [1.82, 2.24) is 5.43 Å². The van der Waals surface area contributed by atoms with Gasteiger partial charge in [-0.15, -0.1) is 0 Å². The summed E-state index contributed by atoms with van der Waals surface area (Å²) in [7, 11) is 0. The maximum absolute atomic E-state index is 12.3. The van der Waals surface area contributed by atoms with Crippen LogP contribution in [0.5, 0.6) is 0 Å². The smallest absolute Gasteiger partial charge is 0.271 e. The fourth-order valence-electron chi connectivity index (χ4n) is 2.84. The lowest BCUT2D eigenvalue weighted by Gasteiger charge is -2.08. The van der Waals surface area contributed by atoms with Gasteiger partial charge < -0.3 is 5.32 Å². The van der Waals surface area contributed by atoms with Gasteiger partial charge in [0.25, 0.3) is 11.8 Å². The number of nitrogens with zero attached hydrogens (tertiary/aromatic N) is 1. The number of aryl methyl sites for hydroxylation is 2. The van der Waals surface area contributed by atoms with Gasteiger partial charge in [-0.25, -0.2) is 5.43 Å². The van der Waals surface area contributed by atoms with Crippen molar-refractivity contribution in [2.45, 2.75) is 19.8 Å². The van der Waals surface area contributed by atoms with E-state index in [0.29, 0.717) is 16.8 Å². The number of amides is 2. The molecule has 5 heteroatoms. The van der Waals surface area contributed by atoms with Crippen molar-refractivity contribution in [3.63, 3.8) is 0 Å². The second-order valence-corrected chi connectivity index (χ2v) is 6.62. The van der Waals surface area contributed by atoms with Crippen LogP contribution in [-0.2, 0) is 6.42 Å². The summed E-state index contributed by atoms with van der Waals surface area (Å²) in [4.78, 5) is 24.5. The molecule has 3 aromatic carbocycles. The predicted molar refractivity (Wildman–Crippen MR) is 116 cm³/mol. The summed E-state index contributed by atoms with van der Waals surface area (Å²) in [5.41, 5.74) is 6.38. The van der Waals surface area contributed by atoms with Gasteiger partial charge in [-0.3, -0.25) is 9.59 Å². The minimum absolute atomic E-state index is 0.177. The van der Waals surface area contributed by atoms with Crippen molar-refractivity contribution in [1.29, 1.82) is 0 Å². The lowest BCUT2D eigenvalue weighted by atomic mass is 10.1. The van der Waals surface area contributed by atoms with Crippen molar-refractivity contribution in [3.8, 4) is 0 Å². The van der Waals surface area contributed by atoms with E-state index in [1.807, 2.05) is 43.3 Å². The second-order valence-electron chi connectivity index (χ2n) is 6.62. The molecule has 0 saturated carbocycles. The van der Waals surface area contributed by atoms with Crippen molar-refractivity contribution in [2.75, 3.05) is 5.32 Å². The van der Waals surface area contributed by atoms with Crippen LogP contribution in [0.25, 0.3) is 0 Å². The third kappa shape index (κ3) is 5.87. The molecule has 0 bridgehead atoms. The molecule has 0 heterocycles. The van der Waals surface area contributed by atoms with Crippen LogP contribution in [0.4, 0.5) is 5.69 Å². The van der Waals surface area contributed by atoms with Crippen LogP contribution < -0.4 is 10.7 Å². The summed E-state index contributed by atoms with van der Waals surface area (Å²) >= 11 is 0. The van der Waals surface area contributed by atoms with Gasteiger partial charge in [0.05, 0.1) is 0 Å². The Balaban J connectivity index is 1.49. The molecular weight excluding hydrogens is 362 g/mol. The molecule has 0 aliphatic heterocycles. The second kappa shape index (κ2) is 9.99. The van der Waals surface area contributed by atoms with Gasteiger partial charge in [0.1, 0.15) is 0 Å². The molecule has 0 spiro atoms. The van der Waals surface area contributed by atoms with E-state index in [-0.39, 0.29) is 11.8 Å². The van der Waals surface area contributed by atoms with Crippen LogP contribution in [0.1, 0.15) is 38.3 Å². The van der Waals surface area contributed by atoms with Crippen molar-refractivity contribution >= 4 is 23.7 Å². The SMILES string of the molecule is Cc1ccccc1C(=O)Nc1ccc(C(=O)NN=CCCc2ccccc2)cc1. The number of anilines is 1. The Morgan fingerprint density at radius 1 is 0.862 bits per heavy atom. The maximum atomic E-state index is 12.3. The van der Waals surface area contributed by atoms with E-state index in [4.69, 9.17) is 0 Å². The molecule has 0 aliphatic carbocycles. The van der Waals surface area contributed by atoms with Gasteiger partial charge in [-0.2, -0.15) is 5.10 Å². The van der Waals surface area contributed by atoms with Gasteiger partial charge >= 0.3 is 0 Å². The highest BCUT2D eigenvalue weighted by atomic mass is 16.2. The lowest BCUT2D eigenvalue weighted by molar-refractivity contribution is 0.0954. The molecule has 29 heavy (non-hydrogen) atoms. The fraction of sp³-hybridized carbons (Fsp3) is 0.125. The van der Waals surface area contributed by atoms with Gasteiger partial charge in [0.15, 0.2) is 0 Å². The van der Waals surface area contributed by atoms with Crippen molar-refractivity contribution in [3.05, 3.63) is 101 Å². The number of hydrogen-bond acceptors (Lipinski definition) is 3. The summed E-state index contributed by atoms with van der Waals surface area (Å²) in [6.07, 6.45) is 3.31. The predicted octanol–water partition coefficient (Wildman–Crippen LogP) is 4.60. The zero-order valence-corrected chi connectivity index (χ0v) is 16.3. The molecule has 2 amide bonds. The Bertz CT molecular complexity index is 996. The number of carbonyl (C=O) groups excluding carboxylic acids is 2. The normalized spacial score (nSPS) is 10.7. The number of benzene rings is 3. The Kier molecular flexibility index (Phi) is 6.90. The third-order valence-electron chi connectivity index (χ3n) is 4.46. The number of hydrogen-bond donors (Lipinski definition) is 2.